The van der Waals surface area contributed by atoms with Gasteiger partial charge in [-0.05, 0) is 11.5 Å². The number of fused-ring (bicyclic) bond motifs is 1. The van der Waals surface area contributed by atoms with Crippen LogP contribution in [0.25, 0.3) is 10.8 Å². The molecule has 106 valence electrons. The minimum absolute atomic E-state index is 0.224. The summed E-state index contributed by atoms with van der Waals surface area (Å²) in [7, 11) is 0. The summed E-state index contributed by atoms with van der Waals surface area (Å²) in [6, 6.07) is 9.34. The Bertz CT molecular complexity index is 774. The number of thiazole rings is 1. The van der Waals surface area contributed by atoms with Crippen LogP contribution < -0.4 is 5.32 Å². The first-order chi connectivity index (χ1) is 10.2. The van der Waals surface area contributed by atoms with Crippen LogP contribution in [0.3, 0.4) is 0 Å². The van der Waals surface area contributed by atoms with Crippen molar-refractivity contribution in [3.63, 3.8) is 0 Å². The second-order valence-electron chi connectivity index (χ2n) is 4.51. The van der Waals surface area contributed by atoms with Gasteiger partial charge in [0.15, 0.2) is 0 Å². The fourth-order valence-corrected chi connectivity index (χ4v) is 2.88. The van der Waals surface area contributed by atoms with Gasteiger partial charge in [-0.15, -0.1) is 11.3 Å². The highest BCUT2D eigenvalue weighted by molar-refractivity contribution is 7.07. The van der Waals surface area contributed by atoms with Crippen LogP contribution in [-0.4, -0.2) is 22.4 Å². The van der Waals surface area contributed by atoms with Gasteiger partial charge in [0.25, 0.3) is 5.91 Å². The Morgan fingerprint density at radius 1 is 1.33 bits per heavy atom. The Hall–Kier alpha value is -1.98. The zero-order valence-corrected chi connectivity index (χ0v) is 12.6. The fraction of sp³-hybridized carbons (Fsp3) is 0.133. The first-order valence-corrected chi connectivity index (χ1v) is 7.76. The maximum atomic E-state index is 12.1. The van der Waals surface area contributed by atoms with Crippen molar-refractivity contribution in [3.05, 3.63) is 57.8 Å². The first kappa shape index (κ1) is 14.0. The number of aromatic nitrogens is 2. The highest BCUT2D eigenvalue weighted by Gasteiger charge is 2.10. The summed E-state index contributed by atoms with van der Waals surface area (Å²) in [5, 5.41) is 6.90. The van der Waals surface area contributed by atoms with Crippen molar-refractivity contribution >= 4 is 39.6 Å². The van der Waals surface area contributed by atoms with Crippen LogP contribution in [0.5, 0.6) is 0 Å². The standard InChI is InChI=1S/C15H12ClN3OS/c16-14-12-4-2-1-3-10(12)7-13(19-14)15(20)17-6-5-11-8-21-9-18-11/h1-4,7-9H,5-6H2,(H,17,20). The fourth-order valence-electron chi connectivity index (χ4n) is 2.03. The minimum Gasteiger partial charge on any atom is -0.350 e. The molecule has 3 rings (SSSR count). The van der Waals surface area contributed by atoms with E-state index in [0.717, 1.165) is 16.5 Å². The molecular formula is C15H12ClN3OS. The second-order valence-corrected chi connectivity index (χ2v) is 5.58. The quantitative estimate of drug-likeness (QED) is 0.751. The number of benzene rings is 1. The van der Waals surface area contributed by atoms with Gasteiger partial charge < -0.3 is 5.32 Å². The predicted molar refractivity (Wildman–Crippen MR) is 84.9 cm³/mol. The van der Waals surface area contributed by atoms with Gasteiger partial charge >= 0.3 is 0 Å². The van der Waals surface area contributed by atoms with Crippen molar-refractivity contribution in [3.8, 4) is 0 Å². The van der Waals surface area contributed by atoms with Crippen molar-refractivity contribution in [2.45, 2.75) is 6.42 Å². The van der Waals surface area contributed by atoms with Gasteiger partial charge in [-0.1, -0.05) is 35.9 Å². The van der Waals surface area contributed by atoms with E-state index in [9.17, 15) is 4.79 Å². The Morgan fingerprint density at radius 2 is 2.19 bits per heavy atom. The Morgan fingerprint density at radius 3 is 3.00 bits per heavy atom. The van der Waals surface area contributed by atoms with Crippen molar-refractivity contribution in [1.29, 1.82) is 0 Å². The minimum atomic E-state index is -0.224. The molecule has 0 spiro atoms. The van der Waals surface area contributed by atoms with Crippen molar-refractivity contribution < 1.29 is 4.79 Å². The number of hydrogen-bond donors (Lipinski definition) is 1. The van der Waals surface area contributed by atoms with Gasteiger partial charge in [-0.25, -0.2) is 9.97 Å². The van der Waals surface area contributed by atoms with Gasteiger partial charge in [0.2, 0.25) is 0 Å². The highest BCUT2D eigenvalue weighted by Crippen LogP contribution is 2.22. The number of halogens is 1. The number of hydrogen-bond acceptors (Lipinski definition) is 4. The first-order valence-electron chi connectivity index (χ1n) is 6.44. The zero-order valence-electron chi connectivity index (χ0n) is 11.0. The molecule has 0 fully saturated rings. The molecule has 6 heteroatoms. The largest absolute Gasteiger partial charge is 0.350 e. The normalized spacial score (nSPS) is 10.7. The maximum Gasteiger partial charge on any atom is 0.269 e. The Labute approximate surface area is 130 Å². The molecular weight excluding hydrogens is 306 g/mol. The third-order valence-electron chi connectivity index (χ3n) is 3.08. The molecule has 0 saturated heterocycles. The molecule has 4 nitrogen and oxygen atoms in total. The monoisotopic (exact) mass is 317 g/mol. The molecule has 0 aliphatic heterocycles. The van der Waals surface area contributed by atoms with Gasteiger partial charge in [-0.2, -0.15) is 0 Å². The number of rotatable bonds is 4. The van der Waals surface area contributed by atoms with Crippen LogP contribution in [0.1, 0.15) is 16.2 Å². The third kappa shape index (κ3) is 3.20. The lowest BCUT2D eigenvalue weighted by Crippen LogP contribution is -2.26. The summed E-state index contributed by atoms with van der Waals surface area (Å²) >= 11 is 7.67. The Kier molecular flexibility index (Phi) is 4.13. The molecule has 2 aromatic heterocycles. The van der Waals surface area contributed by atoms with Crippen molar-refractivity contribution in [2.24, 2.45) is 0 Å². The smallest absolute Gasteiger partial charge is 0.269 e. The average Bonchev–Trinajstić information content (AvgIpc) is 3.00. The summed E-state index contributed by atoms with van der Waals surface area (Å²) in [5.41, 5.74) is 3.09. The molecule has 0 saturated carbocycles. The van der Waals surface area contributed by atoms with Crippen LogP contribution in [0.15, 0.2) is 41.2 Å². The van der Waals surface area contributed by atoms with Gasteiger partial charge in [0.05, 0.1) is 11.2 Å². The number of nitrogens with one attached hydrogen (secondary N) is 1. The van der Waals surface area contributed by atoms with Crippen LogP contribution >= 0.6 is 22.9 Å². The van der Waals surface area contributed by atoms with Crippen LogP contribution in [0.2, 0.25) is 5.15 Å². The molecule has 21 heavy (non-hydrogen) atoms. The number of pyridine rings is 1. The maximum absolute atomic E-state index is 12.1. The summed E-state index contributed by atoms with van der Waals surface area (Å²) < 4.78 is 0. The highest BCUT2D eigenvalue weighted by atomic mass is 35.5. The molecule has 1 N–H and O–H groups in total. The molecule has 2 heterocycles. The van der Waals surface area contributed by atoms with Gasteiger partial charge in [0.1, 0.15) is 10.8 Å². The van der Waals surface area contributed by atoms with E-state index in [1.807, 2.05) is 29.6 Å². The van der Waals surface area contributed by atoms with E-state index < -0.39 is 0 Å². The molecule has 3 aromatic rings. The lowest BCUT2D eigenvalue weighted by Gasteiger charge is -2.06. The number of carbonyl (C=O) groups excluding carboxylic acids is 1. The van der Waals surface area contributed by atoms with E-state index in [-0.39, 0.29) is 5.91 Å². The molecule has 1 aromatic carbocycles. The zero-order chi connectivity index (χ0) is 14.7. The summed E-state index contributed by atoms with van der Waals surface area (Å²) in [5.74, 6) is -0.224. The van der Waals surface area contributed by atoms with E-state index in [2.05, 4.69) is 15.3 Å². The van der Waals surface area contributed by atoms with E-state index >= 15 is 0 Å². The average molecular weight is 318 g/mol. The van der Waals surface area contributed by atoms with E-state index in [4.69, 9.17) is 11.6 Å². The number of nitrogens with zero attached hydrogens (tertiary/aromatic N) is 2. The molecule has 0 radical (unpaired) electrons. The van der Waals surface area contributed by atoms with Crippen LogP contribution in [-0.2, 0) is 6.42 Å². The Balaban J connectivity index is 1.72. The third-order valence-corrected chi connectivity index (χ3v) is 4.00. The SMILES string of the molecule is O=C(NCCc1cscn1)c1cc2ccccc2c(Cl)n1. The predicted octanol–water partition coefficient (Wildman–Crippen LogP) is 3.32. The number of amides is 1. The number of carbonyl (C=O) groups is 1. The molecule has 0 aliphatic carbocycles. The second kappa shape index (κ2) is 6.20. The van der Waals surface area contributed by atoms with E-state index in [1.165, 1.54) is 0 Å². The van der Waals surface area contributed by atoms with Gasteiger partial charge in [0, 0.05) is 23.7 Å². The summed E-state index contributed by atoms with van der Waals surface area (Å²) in [4.78, 5) is 20.4. The molecule has 0 bridgehead atoms. The van der Waals surface area contributed by atoms with Crippen LogP contribution in [0, 0.1) is 0 Å². The van der Waals surface area contributed by atoms with E-state index in [0.29, 0.717) is 23.8 Å². The van der Waals surface area contributed by atoms with Crippen LogP contribution in [0.4, 0.5) is 0 Å². The van der Waals surface area contributed by atoms with Crippen molar-refractivity contribution in [2.75, 3.05) is 6.54 Å². The lowest BCUT2D eigenvalue weighted by molar-refractivity contribution is 0.0949. The molecule has 0 atom stereocenters. The van der Waals surface area contributed by atoms with Crippen molar-refractivity contribution in [1.82, 2.24) is 15.3 Å². The summed E-state index contributed by atoms with van der Waals surface area (Å²) in [6.07, 6.45) is 0.705. The molecule has 1 amide bonds. The molecule has 0 unspecified atom stereocenters. The topological polar surface area (TPSA) is 54.9 Å². The lowest BCUT2D eigenvalue weighted by atomic mass is 10.1. The van der Waals surface area contributed by atoms with E-state index in [1.54, 1.807) is 22.9 Å². The van der Waals surface area contributed by atoms with Gasteiger partial charge in [-0.3, -0.25) is 4.79 Å². The summed E-state index contributed by atoms with van der Waals surface area (Å²) in [6.45, 7) is 0.523. The molecule has 0 aliphatic rings.